The van der Waals surface area contributed by atoms with Crippen molar-refractivity contribution in [3.63, 3.8) is 0 Å². The normalized spacial score (nSPS) is 10.4. The molecule has 0 N–H and O–H groups in total. The number of hydrogen-bond acceptors (Lipinski definition) is 1. The van der Waals surface area contributed by atoms with E-state index >= 15 is 0 Å². The molecule has 0 radical (unpaired) electrons. The Morgan fingerprint density at radius 3 is 2.29 bits per heavy atom. The minimum absolute atomic E-state index is 0.194. The minimum atomic E-state index is -1.21. The van der Waals surface area contributed by atoms with Gasteiger partial charge in [-0.2, -0.15) is 0 Å². The summed E-state index contributed by atoms with van der Waals surface area (Å²) in [6.45, 7) is 6.68. The molecule has 80 valence electrons. The zero-order chi connectivity index (χ0) is 11.2. The molecule has 0 rings (SSSR count). The van der Waals surface area contributed by atoms with Crippen LogP contribution in [-0.2, 0) is 4.79 Å². The highest BCUT2D eigenvalue weighted by Gasteiger charge is 2.07. The van der Waals surface area contributed by atoms with Gasteiger partial charge in [0.1, 0.15) is 8.07 Å². The Hall–Kier alpha value is -0.753. The van der Waals surface area contributed by atoms with Gasteiger partial charge in [0.05, 0.1) is 0 Å². The number of carbonyl (C=O) groups excluding carboxylic acids is 1. The highest BCUT2D eigenvalue weighted by molar-refractivity contribution is 6.83. The molecule has 3 heteroatoms. The third kappa shape index (κ3) is 7.87. The van der Waals surface area contributed by atoms with Crippen LogP contribution >= 0.6 is 0 Å². The minimum Gasteiger partial charge on any atom is -0.349 e. The van der Waals surface area contributed by atoms with Crippen LogP contribution in [0.25, 0.3) is 0 Å². The Bertz CT molecular complexity index is 242. The van der Waals surface area contributed by atoms with E-state index in [0.29, 0.717) is 6.42 Å². The second-order valence-electron chi connectivity index (χ2n) is 4.69. The second kappa shape index (κ2) is 5.87. The molecule has 0 atom stereocenters. The predicted molar refractivity (Wildman–Crippen MR) is 63.7 cm³/mol. The monoisotopic (exact) mass is 211 g/mol. The quantitative estimate of drug-likeness (QED) is 0.398. The van der Waals surface area contributed by atoms with Crippen molar-refractivity contribution in [3.05, 3.63) is 0 Å². The average molecular weight is 211 g/mol. The van der Waals surface area contributed by atoms with E-state index in [1.165, 1.54) is 0 Å². The standard InChI is InChI=1S/C11H21NOSi/c1-12(2)11(13)9-7-6-8-10-14(3,4)5/h6-7,9H2,1-5H3. The van der Waals surface area contributed by atoms with E-state index in [2.05, 4.69) is 31.1 Å². The van der Waals surface area contributed by atoms with Crippen molar-refractivity contribution >= 4 is 14.0 Å². The van der Waals surface area contributed by atoms with Gasteiger partial charge in [-0.3, -0.25) is 4.79 Å². The van der Waals surface area contributed by atoms with Crippen molar-refractivity contribution in [1.29, 1.82) is 0 Å². The molecule has 0 aromatic rings. The predicted octanol–water partition coefficient (Wildman–Crippen LogP) is 2.13. The zero-order valence-corrected chi connectivity index (χ0v) is 11.0. The van der Waals surface area contributed by atoms with Crippen LogP contribution in [0.15, 0.2) is 0 Å². The van der Waals surface area contributed by atoms with Gasteiger partial charge in [-0.25, -0.2) is 0 Å². The summed E-state index contributed by atoms with van der Waals surface area (Å²) < 4.78 is 0. The lowest BCUT2D eigenvalue weighted by Gasteiger charge is -2.08. The van der Waals surface area contributed by atoms with E-state index in [0.717, 1.165) is 12.8 Å². The molecule has 0 aliphatic heterocycles. The lowest BCUT2D eigenvalue weighted by Crippen LogP contribution is -2.21. The molecule has 0 fully saturated rings. The number of amides is 1. The van der Waals surface area contributed by atoms with Crippen LogP contribution in [-0.4, -0.2) is 33.0 Å². The van der Waals surface area contributed by atoms with Gasteiger partial charge in [0.25, 0.3) is 0 Å². The number of unbranched alkanes of at least 4 members (excludes halogenated alkanes) is 1. The van der Waals surface area contributed by atoms with Crippen molar-refractivity contribution in [1.82, 2.24) is 4.90 Å². The third-order valence-electron chi connectivity index (χ3n) is 1.65. The third-order valence-corrected chi connectivity index (χ3v) is 2.58. The summed E-state index contributed by atoms with van der Waals surface area (Å²) in [5.41, 5.74) is 3.29. The van der Waals surface area contributed by atoms with Crippen LogP contribution in [0, 0.1) is 11.5 Å². The molecule has 0 bridgehead atoms. The molecule has 0 saturated heterocycles. The molecule has 0 saturated carbocycles. The maximum Gasteiger partial charge on any atom is 0.222 e. The smallest absolute Gasteiger partial charge is 0.222 e. The second-order valence-corrected chi connectivity index (χ2v) is 9.44. The molecular weight excluding hydrogens is 190 g/mol. The molecule has 0 unspecified atom stereocenters. The Kier molecular flexibility index (Phi) is 5.55. The van der Waals surface area contributed by atoms with Gasteiger partial charge < -0.3 is 4.90 Å². The fraction of sp³-hybridized carbons (Fsp3) is 0.727. The van der Waals surface area contributed by atoms with Gasteiger partial charge >= 0.3 is 0 Å². The lowest BCUT2D eigenvalue weighted by atomic mass is 10.2. The van der Waals surface area contributed by atoms with Crippen LogP contribution in [0.5, 0.6) is 0 Å². The fourth-order valence-electron chi connectivity index (χ4n) is 0.879. The number of hydrogen-bond donors (Lipinski definition) is 0. The van der Waals surface area contributed by atoms with Gasteiger partial charge in [0.2, 0.25) is 5.91 Å². The maximum absolute atomic E-state index is 11.2. The summed E-state index contributed by atoms with van der Waals surface area (Å²) in [6.07, 6.45) is 2.35. The van der Waals surface area contributed by atoms with Gasteiger partial charge in [0.15, 0.2) is 0 Å². The largest absolute Gasteiger partial charge is 0.349 e. The van der Waals surface area contributed by atoms with E-state index in [1.54, 1.807) is 19.0 Å². The van der Waals surface area contributed by atoms with E-state index in [9.17, 15) is 4.79 Å². The number of rotatable bonds is 3. The molecule has 14 heavy (non-hydrogen) atoms. The molecular formula is C11H21NOSi. The first-order chi connectivity index (χ1) is 6.33. The maximum atomic E-state index is 11.2. The molecule has 1 amide bonds. The van der Waals surface area contributed by atoms with Crippen molar-refractivity contribution in [2.75, 3.05) is 14.1 Å². The Morgan fingerprint density at radius 2 is 1.86 bits per heavy atom. The summed E-state index contributed by atoms with van der Waals surface area (Å²) in [5.74, 6) is 3.35. The van der Waals surface area contributed by atoms with Crippen LogP contribution in [0.1, 0.15) is 19.3 Å². The zero-order valence-electron chi connectivity index (χ0n) is 9.98. The van der Waals surface area contributed by atoms with Crippen LogP contribution in [0.4, 0.5) is 0 Å². The molecule has 0 spiro atoms. The highest BCUT2D eigenvalue weighted by atomic mass is 28.3. The van der Waals surface area contributed by atoms with Gasteiger partial charge in [-0.05, 0) is 6.42 Å². The molecule has 0 aliphatic rings. The highest BCUT2D eigenvalue weighted by Crippen LogP contribution is 2.00. The summed E-state index contributed by atoms with van der Waals surface area (Å²) in [5, 5.41) is 0. The molecule has 0 heterocycles. The first-order valence-corrected chi connectivity index (χ1v) is 8.53. The Morgan fingerprint density at radius 1 is 1.29 bits per heavy atom. The number of nitrogens with zero attached hydrogens (tertiary/aromatic N) is 1. The van der Waals surface area contributed by atoms with Gasteiger partial charge in [-0.15, -0.1) is 11.5 Å². The Balaban J connectivity index is 3.65. The van der Waals surface area contributed by atoms with E-state index < -0.39 is 8.07 Å². The van der Waals surface area contributed by atoms with Crippen molar-refractivity contribution in [2.45, 2.75) is 38.9 Å². The summed E-state index contributed by atoms with van der Waals surface area (Å²) in [4.78, 5) is 12.8. The topological polar surface area (TPSA) is 20.3 Å². The van der Waals surface area contributed by atoms with Gasteiger partial charge in [-0.1, -0.05) is 19.6 Å². The summed E-state index contributed by atoms with van der Waals surface area (Å²) in [6, 6.07) is 0. The van der Waals surface area contributed by atoms with E-state index in [1.807, 2.05) is 0 Å². The van der Waals surface area contributed by atoms with Crippen LogP contribution < -0.4 is 0 Å². The molecule has 0 aromatic heterocycles. The van der Waals surface area contributed by atoms with Gasteiger partial charge in [0, 0.05) is 26.9 Å². The van der Waals surface area contributed by atoms with Crippen LogP contribution in [0.2, 0.25) is 19.6 Å². The van der Waals surface area contributed by atoms with Crippen molar-refractivity contribution < 1.29 is 4.79 Å². The first-order valence-electron chi connectivity index (χ1n) is 5.03. The Labute approximate surface area is 88.7 Å². The summed E-state index contributed by atoms with van der Waals surface area (Å²) in [7, 11) is 2.36. The average Bonchev–Trinajstić information content (AvgIpc) is 2.01. The van der Waals surface area contributed by atoms with E-state index in [4.69, 9.17) is 0 Å². The summed E-state index contributed by atoms with van der Waals surface area (Å²) >= 11 is 0. The molecule has 2 nitrogen and oxygen atoms in total. The number of carbonyl (C=O) groups is 1. The fourth-order valence-corrected chi connectivity index (χ4v) is 1.53. The van der Waals surface area contributed by atoms with Crippen molar-refractivity contribution in [3.8, 4) is 11.5 Å². The van der Waals surface area contributed by atoms with E-state index in [-0.39, 0.29) is 5.91 Å². The van der Waals surface area contributed by atoms with Crippen molar-refractivity contribution in [2.24, 2.45) is 0 Å². The first kappa shape index (κ1) is 13.2. The van der Waals surface area contributed by atoms with Crippen LogP contribution in [0.3, 0.4) is 0 Å². The molecule has 0 aliphatic carbocycles. The molecule has 0 aromatic carbocycles. The SMILES string of the molecule is CN(C)C(=O)CCCC#C[Si](C)(C)C. The lowest BCUT2D eigenvalue weighted by molar-refractivity contribution is -0.128.